The Labute approximate surface area is 138 Å². The molecule has 5 heteroatoms. The monoisotopic (exact) mass is 320 g/mol. The van der Waals surface area contributed by atoms with Gasteiger partial charge in [-0.25, -0.2) is 4.79 Å². The maximum absolute atomic E-state index is 12.3. The van der Waals surface area contributed by atoms with E-state index in [0.29, 0.717) is 32.7 Å². The highest BCUT2D eigenvalue weighted by atomic mass is 16.5. The van der Waals surface area contributed by atoms with Gasteiger partial charge in [0.1, 0.15) is 0 Å². The van der Waals surface area contributed by atoms with Gasteiger partial charge >= 0.3 is 6.03 Å². The van der Waals surface area contributed by atoms with Crippen LogP contribution in [-0.4, -0.2) is 55.0 Å². The standard InChI is InChI=1S/C18H28N2O3/c1-17(2)13-20(12-10-18(17,22)14-23-3)16(21)19-11-9-15-7-5-4-6-8-15/h4-8,22H,9-14H2,1-3H3,(H,19,21). The molecule has 1 aromatic carbocycles. The van der Waals surface area contributed by atoms with Gasteiger partial charge in [0, 0.05) is 32.2 Å². The number of likely N-dealkylation sites (tertiary alicyclic amines) is 1. The molecule has 0 aromatic heterocycles. The van der Waals surface area contributed by atoms with Gasteiger partial charge in [0.05, 0.1) is 12.2 Å². The first kappa shape index (κ1) is 17.8. The van der Waals surface area contributed by atoms with E-state index in [9.17, 15) is 9.90 Å². The molecule has 2 rings (SSSR count). The summed E-state index contributed by atoms with van der Waals surface area (Å²) in [7, 11) is 1.59. The molecule has 23 heavy (non-hydrogen) atoms. The summed E-state index contributed by atoms with van der Waals surface area (Å²) in [5.74, 6) is 0. The molecule has 2 amide bonds. The lowest BCUT2D eigenvalue weighted by Crippen LogP contribution is -2.61. The smallest absolute Gasteiger partial charge is 0.317 e. The largest absolute Gasteiger partial charge is 0.387 e. The second-order valence-electron chi connectivity index (χ2n) is 6.99. The van der Waals surface area contributed by atoms with Crippen molar-refractivity contribution < 1.29 is 14.6 Å². The number of nitrogens with zero attached hydrogens (tertiary/aromatic N) is 1. The summed E-state index contributed by atoms with van der Waals surface area (Å²) in [5, 5.41) is 13.7. The molecule has 1 heterocycles. The molecule has 1 aromatic rings. The van der Waals surface area contributed by atoms with Crippen molar-refractivity contribution >= 4 is 6.03 Å². The molecule has 0 aliphatic carbocycles. The summed E-state index contributed by atoms with van der Waals surface area (Å²) in [6.07, 6.45) is 1.34. The molecule has 1 atom stereocenters. The number of hydrogen-bond donors (Lipinski definition) is 2. The van der Waals surface area contributed by atoms with Crippen LogP contribution in [0.3, 0.4) is 0 Å². The van der Waals surface area contributed by atoms with Crippen LogP contribution >= 0.6 is 0 Å². The number of hydrogen-bond acceptors (Lipinski definition) is 3. The Morgan fingerprint density at radius 2 is 2.04 bits per heavy atom. The average molecular weight is 320 g/mol. The quantitative estimate of drug-likeness (QED) is 0.873. The highest BCUT2D eigenvalue weighted by Crippen LogP contribution is 2.38. The van der Waals surface area contributed by atoms with Gasteiger partial charge in [-0.3, -0.25) is 0 Å². The van der Waals surface area contributed by atoms with Crippen molar-refractivity contribution in [1.82, 2.24) is 10.2 Å². The fourth-order valence-electron chi connectivity index (χ4n) is 3.11. The zero-order valence-electron chi connectivity index (χ0n) is 14.3. The highest BCUT2D eigenvalue weighted by molar-refractivity contribution is 5.74. The van der Waals surface area contributed by atoms with Gasteiger partial charge < -0.3 is 20.1 Å². The minimum atomic E-state index is -0.886. The molecular formula is C18H28N2O3. The van der Waals surface area contributed by atoms with Crippen LogP contribution in [0.1, 0.15) is 25.8 Å². The van der Waals surface area contributed by atoms with Gasteiger partial charge in [0.15, 0.2) is 0 Å². The topological polar surface area (TPSA) is 61.8 Å². The molecule has 1 aliphatic heterocycles. The molecule has 1 saturated heterocycles. The molecule has 5 nitrogen and oxygen atoms in total. The van der Waals surface area contributed by atoms with E-state index in [1.807, 2.05) is 32.0 Å². The fraction of sp³-hybridized carbons (Fsp3) is 0.611. The predicted octanol–water partition coefficient (Wildman–Crippen LogP) is 2.05. The molecule has 1 fully saturated rings. The first-order chi connectivity index (χ1) is 10.9. The molecule has 1 unspecified atom stereocenters. The Kier molecular flexibility index (Phi) is 5.65. The molecule has 0 saturated carbocycles. The number of methoxy groups -OCH3 is 1. The maximum Gasteiger partial charge on any atom is 0.317 e. The number of carbonyl (C=O) groups is 1. The molecule has 0 spiro atoms. The van der Waals surface area contributed by atoms with Crippen LogP contribution in [0.2, 0.25) is 0 Å². The van der Waals surface area contributed by atoms with Crippen molar-refractivity contribution in [1.29, 1.82) is 0 Å². The lowest BCUT2D eigenvalue weighted by molar-refractivity contribution is -0.143. The summed E-state index contributed by atoms with van der Waals surface area (Å²) < 4.78 is 5.16. The van der Waals surface area contributed by atoms with Crippen LogP contribution in [0, 0.1) is 5.41 Å². The van der Waals surface area contributed by atoms with Crippen LogP contribution in [0.4, 0.5) is 4.79 Å². The van der Waals surface area contributed by atoms with Gasteiger partial charge in [-0.1, -0.05) is 44.2 Å². The normalized spacial score (nSPS) is 23.6. The van der Waals surface area contributed by atoms with E-state index in [0.717, 1.165) is 6.42 Å². The van der Waals surface area contributed by atoms with Crippen LogP contribution < -0.4 is 5.32 Å². The van der Waals surface area contributed by atoms with E-state index in [-0.39, 0.29) is 6.03 Å². The van der Waals surface area contributed by atoms with E-state index < -0.39 is 11.0 Å². The zero-order valence-corrected chi connectivity index (χ0v) is 14.3. The number of benzene rings is 1. The van der Waals surface area contributed by atoms with Gasteiger partial charge in [0.2, 0.25) is 0 Å². The molecule has 2 N–H and O–H groups in total. The van der Waals surface area contributed by atoms with E-state index in [4.69, 9.17) is 4.74 Å². The van der Waals surface area contributed by atoms with Crippen LogP contribution in [0.15, 0.2) is 30.3 Å². The second-order valence-corrected chi connectivity index (χ2v) is 6.99. The highest BCUT2D eigenvalue weighted by Gasteiger charge is 2.48. The molecule has 1 aliphatic rings. The maximum atomic E-state index is 12.3. The van der Waals surface area contributed by atoms with E-state index >= 15 is 0 Å². The predicted molar refractivity (Wildman–Crippen MR) is 90.3 cm³/mol. The van der Waals surface area contributed by atoms with Gasteiger partial charge in [-0.2, -0.15) is 0 Å². The Balaban J connectivity index is 1.84. The fourth-order valence-corrected chi connectivity index (χ4v) is 3.11. The SMILES string of the molecule is COCC1(O)CCN(C(=O)NCCc2ccccc2)CC1(C)C. The third-order valence-electron chi connectivity index (χ3n) is 4.84. The Morgan fingerprint density at radius 1 is 1.35 bits per heavy atom. The third-order valence-corrected chi connectivity index (χ3v) is 4.84. The number of amides is 2. The van der Waals surface area contributed by atoms with Crippen LogP contribution in [-0.2, 0) is 11.2 Å². The third kappa shape index (κ3) is 4.24. The van der Waals surface area contributed by atoms with Crippen LogP contribution in [0.25, 0.3) is 0 Å². The first-order valence-corrected chi connectivity index (χ1v) is 8.16. The number of urea groups is 1. The summed E-state index contributed by atoms with van der Waals surface area (Å²) in [4.78, 5) is 14.1. The second kappa shape index (κ2) is 7.32. The van der Waals surface area contributed by atoms with E-state index in [1.165, 1.54) is 5.56 Å². The van der Waals surface area contributed by atoms with Crippen molar-refractivity contribution in [2.24, 2.45) is 5.41 Å². The van der Waals surface area contributed by atoms with E-state index in [1.54, 1.807) is 12.0 Å². The van der Waals surface area contributed by atoms with Crippen molar-refractivity contribution in [3.8, 4) is 0 Å². The number of piperidine rings is 1. The summed E-state index contributed by atoms with van der Waals surface area (Å²) in [6.45, 7) is 5.93. The lowest BCUT2D eigenvalue weighted by atomic mass is 9.70. The van der Waals surface area contributed by atoms with E-state index in [2.05, 4.69) is 17.4 Å². The van der Waals surface area contributed by atoms with Crippen LogP contribution in [0.5, 0.6) is 0 Å². The Hall–Kier alpha value is -1.59. The number of nitrogens with one attached hydrogen (secondary N) is 1. The number of rotatable bonds is 5. The van der Waals surface area contributed by atoms with Gasteiger partial charge in [0.25, 0.3) is 0 Å². The van der Waals surface area contributed by atoms with Gasteiger partial charge in [-0.15, -0.1) is 0 Å². The van der Waals surface area contributed by atoms with Crippen molar-refractivity contribution in [3.63, 3.8) is 0 Å². The van der Waals surface area contributed by atoms with Gasteiger partial charge in [-0.05, 0) is 18.4 Å². The van der Waals surface area contributed by atoms with Crippen molar-refractivity contribution in [3.05, 3.63) is 35.9 Å². The summed E-state index contributed by atoms with van der Waals surface area (Å²) in [5.41, 5.74) is -0.0816. The zero-order chi connectivity index (χ0) is 16.9. The van der Waals surface area contributed by atoms with Crippen molar-refractivity contribution in [2.45, 2.75) is 32.3 Å². The van der Waals surface area contributed by atoms with Crippen molar-refractivity contribution in [2.75, 3.05) is 33.4 Å². The number of carbonyl (C=O) groups excluding carboxylic acids is 1. The Morgan fingerprint density at radius 3 is 2.65 bits per heavy atom. The lowest BCUT2D eigenvalue weighted by Gasteiger charge is -2.49. The molecule has 0 bridgehead atoms. The summed E-state index contributed by atoms with van der Waals surface area (Å²) >= 11 is 0. The molecule has 0 radical (unpaired) electrons. The minimum absolute atomic E-state index is 0.0616. The minimum Gasteiger partial charge on any atom is -0.387 e. The number of aliphatic hydroxyl groups is 1. The first-order valence-electron chi connectivity index (χ1n) is 8.16. The molecule has 128 valence electrons. The average Bonchev–Trinajstić information content (AvgIpc) is 2.51. The molecular weight excluding hydrogens is 292 g/mol. The number of ether oxygens (including phenoxy) is 1. The summed E-state index contributed by atoms with van der Waals surface area (Å²) in [6, 6.07) is 10.0. The Bertz CT molecular complexity index is 518.